The molecule has 1 aromatic rings. The number of anilines is 1. The Bertz CT molecular complexity index is 545. The van der Waals surface area contributed by atoms with Gasteiger partial charge < -0.3 is 10.6 Å². The van der Waals surface area contributed by atoms with Gasteiger partial charge in [-0.25, -0.2) is 0 Å². The molecule has 6 heteroatoms. The van der Waals surface area contributed by atoms with Gasteiger partial charge in [0.15, 0.2) is 11.2 Å². The molecule has 2 aliphatic rings. The molecule has 2 aliphatic heterocycles. The molecule has 19 heavy (non-hydrogen) atoms. The van der Waals surface area contributed by atoms with Gasteiger partial charge in [0.25, 0.3) is 5.91 Å². The quantitative estimate of drug-likeness (QED) is 0.823. The predicted molar refractivity (Wildman–Crippen MR) is 77.8 cm³/mol. The minimum Gasteiger partial charge on any atom is -0.364 e. The Kier molecular flexibility index (Phi) is 3.10. The molecular formula is C13H16N4OS. The summed E-state index contributed by atoms with van der Waals surface area (Å²) in [7, 11) is 0. The molecule has 2 heterocycles. The SMILES string of the molecule is CCSC1=NN2[C@@H](C)Nc3ccccc3[C@@H]2C(=O)N1. The van der Waals surface area contributed by atoms with E-state index in [2.05, 4.69) is 15.7 Å². The van der Waals surface area contributed by atoms with Crippen LogP contribution in [-0.2, 0) is 4.79 Å². The molecule has 0 saturated heterocycles. The van der Waals surface area contributed by atoms with Gasteiger partial charge in [-0.05, 0) is 18.7 Å². The summed E-state index contributed by atoms with van der Waals surface area (Å²) in [5.41, 5.74) is 1.98. The van der Waals surface area contributed by atoms with Crippen LogP contribution in [0.15, 0.2) is 29.4 Å². The largest absolute Gasteiger partial charge is 0.364 e. The number of hydrogen-bond acceptors (Lipinski definition) is 5. The molecular weight excluding hydrogens is 260 g/mol. The number of nitrogens with zero attached hydrogens (tertiary/aromatic N) is 2. The van der Waals surface area contributed by atoms with Crippen LogP contribution in [-0.4, -0.2) is 28.0 Å². The third-order valence-corrected chi connectivity index (χ3v) is 3.99. The van der Waals surface area contributed by atoms with Crippen LogP contribution < -0.4 is 10.6 Å². The highest BCUT2D eigenvalue weighted by Gasteiger charge is 2.39. The van der Waals surface area contributed by atoms with Crippen molar-refractivity contribution in [3.63, 3.8) is 0 Å². The zero-order valence-corrected chi connectivity index (χ0v) is 11.7. The molecule has 1 amide bonds. The highest BCUT2D eigenvalue weighted by atomic mass is 32.2. The van der Waals surface area contributed by atoms with Gasteiger partial charge in [-0.2, -0.15) is 0 Å². The summed E-state index contributed by atoms with van der Waals surface area (Å²) in [6.45, 7) is 4.05. The summed E-state index contributed by atoms with van der Waals surface area (Å²) in [6.07, 6.45) is -0.00148. The van der Waals surface area contributed by atoms with E-state index in [4.69, 9.17) is 0 Å². The zero-order valence-electron chi connectivity index (χ0n) is 10.9. The zero-order chi connectivity index (χ0) is 13.4. The van der Waals surface area contributed by atoms with Crippen LogP contribution in [0.1, 0.15) is 25.5 Å². The molecule has 5 nitrogen and oxygen atoms in total. The van der Waals surface area contributed by atoms with Gasteiger partial charge in [0, 0.05) is 11.3 Å². The molecule has 0 aliphatic carbocycles. The molecule has 0 bridgehead atoms. The Balaban J connectivity index is 2.02. The summed E-state index contributed by atoms with van der Waals surface area (Å²) < 4.78 is 0. The number of rotatable bonds is 1. The first kappa shape index (κ1) is 12.3. The average Bonchev–Trinajstić information content (AvgIpc) is 2.39. The van der Waals surface area contributed by atoms with E-state index in [-0.39, 0.29) is 18.1 Å². The number of amidine groups is 1. The Morgan fingerprint density at radius 3 is 3.00 bits per heavy atom. The van der Waals surface area contributed by atoms with E-state index in [1.165, 1.54) is 0 Å². The number of benzene rings is 1. The van der Waals surface area contributed by atoms with Crippen molar-refractivity contribution in [1.29, 1.82) is 0 Å². The normalized spacial score (nSPS) is 24.8. The molecule has 0 unspecified atom stereocenters. The van der Waals surface area contributed by atoms with Crippen LogP contribution >= 0.6 is 11.8 Å². The van der Waals surface area contributed by atoms with Crippen molar-refractivity contribution in [2.75, 3.05) is 11.1 Å². The standard InChI is InChI=1S/C13H16N4OS/c1-3-19-13-15-12(18)11-9-6-4-5-7-10(9)14-8(2)17(11)16-13/h4-8,11,14H,3H2,1-2H3,(H,15,16,18)/t8-,11+/m0/s1. The molecule has 2 atom stereocenters. The van der Waals surface area contributed by atoms with E-state index in [1.807, 2.05) is 43.1 Å². The average molecular weight is 276 g/mol. The first-order valence-corrected chi connectivity index (χ1v) is 7.35. The number of carbonyl (C=O) groups excluding carboxylic acids is 1. The lowest BCUT2D eigenvalue weighted by molar-refractivity contribution is -0.127. The number of amides is 1. The lowest BCUT2D eigenvalue weighted by Gasteiger charge is -2.42. The van der Waals surface area contributed by atoms with Crippen LogP contribution in [0.3, 0.4) is 0 Å². The van der Waals surface area contributed by atoms with Gasteiger partial charge >= 0.3 is 0 Å². The summed E-state index contributed by atoms with van der Waals surface area (Å²) in [4.78, 5) is 12.3. The van der Waals surface area contributed by atoms with Crippen LogP contribution in [0.2, 0.25) is 0 Å². The van der Waals surface area contributed by atoms with Crippen molar-refractivity contribution >= 4 is 28.5 Å². The second-order valence-corrected chi connectivity index (χ2v) is 5.77. The fourth-order valence-corrected chi connectivity index (χ4v) is 3.03. The van der Waals surface area contributed by atoms with E-state index in [0.29, 0.717) is 5.17 Å². The highest BCUT2D eigenvalue weighted by molar-refractivity contribution is 8.13. The Morgan fingerprint density at radius 2 is 2.21 bits per heavy atom. The topological polar surface area (TPSA) is 56.7 Å². The van der Waals surface area contributed by atoms with Crippen LogP contribution in [0.25, 0.3) is 0 Å². The predicted octanol–water partition coefficient (Wildman–Crippen LogP) is 1.96. The maximum atomic E-state index is 12.3. The minimum absolute atomic E-state index is 0.00148. The third kappa shape index (κ3) is 2.06. The van der Waals surface area contributed by atoms with E-state index in [0.717, 1.165) is 17.0 Å². The number of hydrogen-bond donors (Lipinski definition) is 2. The molecule has 3 rings (SSSR count). The number of para-hydroxylation sites is 1. The van der Waals surface area contributed by atoms with E-state index in [1.54, 1.807) is 11.8 Å². The Hall–Kier alpha value is -1.69. The van der Waals surface area contributed by atoms with Gasteiger partial charge in [-0.1, -0.05) is 36.9 Å². The van der Waals surface area contributed by atoms with E-state index in [9.17, 15) is 4.79 Å². The second-order valence-electron chi connectivity index (χ2n) is 4.52. The second kappa shape index (κ2) is 4.77. The molecule has 0 aromatic heterocycles. The lowest BCUT2D eigenvalue weighted by Crippen LogP contribution is -2.53. The number of hydrazone groups is 1. The molecule has 0 radical (unpaired) electrons. The molecule has 0 saturated carbocycles. The summed E-state index contributed by atoms with van der Waals surface area (Å²) in [5, 5.41) is 13.3. The van der Waals surface area contributed by atoms with E-state index < -0.39 is 0 Å². The smallest absolute Gasteiger partial charge is 0.255 e. The van der Waals surface area contributed by atoms with Crippen LogP contribution in [0, 0.1) is 0 Å². The summed E-state index contributed by atoms with van der Waals surface area (Å²) in [6, 6.07) is 7.54. The Morgan fingerprint density at radius 1 is 1.42 bits per heavy atom. The van der Waals surface area contributed by atoms with Crippen molar-refractivity contribution in [2.24, 2.45) is 5.10 Å². The van der Waals surface area contributed by atoms with Crippen molar-refractivity contribution in [3.8, 4) is 0 Å². The Labute approximate surface area is 116 Å². The molecule has 1 aromatic carbocycles. The van der Waals surface area contributed by atoms with Crippen molar-refractivity contribution in [1.82, 2.24) is 10.3 Å². The molecule has 2 N–H and O–H groups in total. The van der Waals surface area contributed by atoms with E-state index >= 15 is 0 Å². The maximum absolute atomic E-state index is 12.3. The monoisotopic (exact) mass is 276 g/mol. The fourth-order valence-electron chi connectivity index (χ4n) is 2.44. The van der Waals surface area contributed by atoms with Crippen LogP contribution in [0.4, 0.5) is 5.69 Å². The van der Waals surface area contributed by atoms with Gasteiger partial charge in [-0.15, -0.1) is 5.10 Å². The molecule has 0 spiro atoms. The van der Waals surface area contributed by atoms with Crippen molar-refractivity contribution < 1.29 is 4.79 Å². The number of carbonyl (C=O) groups is 1. The van der Waals surface area contributed by atoms with Gasteiger partial charge in [0.2, 0.25) is 0 Å². The minimum atomic E-state index is -0.339. The third-order valence-electron chi connectivity index (χ3n) is 3.25. The first-order valence-electron chi connectivity index (χ1n) is 6.36. The first-order chi connectivity index (χ1) is 9.20. The molecule has 0 fully saturated rings. The lowest BCUT2D eigenvalue weighted by atomic mass is 10.00. The summed E-state index contributed by atoms with van der Waals surface area (Å²) >= 11 is 1.54. The van der Waals surface area contributed by atoms with Crippen molar-refractivity contribution in [2.45, 2.75) is 26.1 Å². The van der Waals surface area contributed by atoms with Gasteiger partial charge in [-0.3, -0.25) is 9.80 Å². The van der Waals surface area contributed by atoms with Crippen LogP contribution in [0.5, 0.6) is 0 Å². The number of thioether (sulfide) groups is 1. The molecule has 100 valence electrons. The number of fused-ring (bicyclic) bond motifs is 3. The number of nitrogens with one attached hydrogen (secondary N) is 2. The van der Waals surface area contributed by atoms with Crippen molar-refractivity contribution in [3.05, 3.63) is 29.8 Å². The van der Waals surface area contributed by atoms with Gasteiger partial charge in [0.1, 0.15) is 6.17 Å². The fraction of sp³-hybridized carbons (Fsp3) is 0.385. The highest BCUT2D eigenvalue weighted by Crippen LogP contribution is 2.36. The summed E-state index contributed by atoms with van der Waals surface area (Å²) in [5.74, 6) is 0.877. The van der Waals surface area contributed by atoms with Gasteiger partial charge in [0.05, 0.1) is 0 Å². The maximum Gasteiger partial charge on any atom is 0.255 e.